The molecule has 1 aliphatic rings. The lowest BCUT2D eigenvalue weighted by atomic mass is 9.82. The van der Waals surface area contributed by atoms with Crippen molar-refractivity contribution in [3.05, 3.63) is 193 Å². The average molecular weight is 676 g/mol. The van der Waals surface area contributed by atoms with Crippen LogP contribution < -0.4 is 4.90 Å². The number of anilines is 3. The first-order chi connectivity index (χ1) is 26.0. The Morgan fingerprint density at radius 2 is 1.32 bits per heavy atom. The highest BCUT2D eigenvalue weighted by Crippen LogP contribution is 2.50. The van der Waals surface area contributed by atoms with Gasteiger partial charge in [-0.15, -0.1) is 0 Å². The highest BCUT2D eigenvalue weighted by Gasteiger charge is 2.36. The molecule has 0 N–H and O–H groups in total. The highest BCUT2D eigenvalue weighted by atomic mass is 15.1. The molecule has 0 radical (unpaired) electrons. The molecular formula is C50H33N3. The molecule has 0 atom stereocenters. The van der Waals surface area contributed by atoms with Crippen molar-refractivity contribution < 1.29 is 0 Å². The fourth-order valence-electron chi connectivity index (χ4n) is 8.43. The van der Waals surface area contributed by atoms with E-state index in [1.807, 2.05) is 30.3 Å². The van der Waals surface area contributed by atoms with Crippen molar-refractivity contribution >= 4 is 49.6 Å². The van der Waals surface area contributed by atoms with E-state index in [1.165, 1.54) is 49.4 Å². The summed E-state index contributed by atoms with van der Waals surface area (Å²) in [5, 5.41) is 14.4. The molecule has 1 heterocycles. The fraction of sp³-hybridized carbons (Fsp3) is 0.0600. The van der Waals surface area contributed by atoms with Crippen LogP contribution >= 0.6 is 0 Å². The number of rotatable bonds is 5. The maximum absolute atomic E-state index is 9.59. The first-order valence-corrected chi connectivity index (χ1v) is 18.0. The average Bonchev–Trinajstić information content (AvgIpc) is 3.67. The minimum absolute atomic E-state index is 0.178. The Balaban J connectivity index is 1.22. The first-order valence-electron chi connectivity index (χ1n) is 18.0. The third kappa shape index (κ3) is 4.76. The van der Waals surface area contributed by atoms with Gasteiger partial charge in [0, 0.05) is 44.5 Å². The van der Waals surface area contributed by atoms with Crippen LogP contribution in [-0.4, -0.2) is 4.57 Å². The van der Waals surface area contributed by atoms with Crippen LogP contribution in [0.5, 0.6) is 0 Å². The van der Waals surface area contributed by atoms with E-state index in [0.717, 1.165) is 39.3 Å². The molecule has 10 rings (SSSR count). The van der Waals surface area contributed by atoms with Crippen LogP contribution in [0.25, 0.3) is 60.5 Å². The molecule has 1 aliphatic carbocycles. The molecule has 8 aromatic carbocycles. The van der Waals surface area contributed by atoms with Crippen LogP contribution in [-0.2, 0) is 5.41 Å². The number of fused-ring (bicyclic) bond motifs is 8. The van der Waals surface area contributed by atoms with E-state index in [-0.39, 0.29) is 5.41 Å². The van der Waals surface area contributed by atoms with Gasteiger partial charge in [-0.3, -0.25) is 0 Å². The van der Waals surface area contributed by atoms with Gasteiger partial charge in [0.15, 0.2) is 0 Å². The topological polar surface area (TPSA) is 32.0 Å². The standard InChI is InChI=1S/C50H33N3/c1-50(2)45-15-9-8-14-42(45)43-27-25-39(30-46(43)50)52(37-23-18-35(19-24-37)34-10-4-3-5-11-34)40-26-28-44-48(31-40)53(38-21-16-33(32-51)17-22-38)47-29-20-36-12-6-7-13-41(36)49(44)47/h3-7,9-13,15-31H,1-2H3. The van der Waals surface area contributed by atoms with Gasteiger partial charge in [-0.2, -0.15) is 5.26 Å². The van der Waals surface area contributed by atoms with Gasteiger partial charge in [0.2, 0.25) is 0 Å². The predicted octanol–water partition coefficient (Wildman–Crippen LogP) is 12.9. The molecular weight excluding hydrogens is 643 g/mol. The summed E-state index contributed by atoms with van der Waals surface area (Å²) in [6.07, 6.45) is 0. The van der Waals surface area contributed by atoms with Gasteiger partial charge in [0.25, 0.3) is 0 Å². The summed E-state index contributed by atoms with van der Waals surface area (Å²) >= 11 is 0. The Bertz CT molecular complexity index is 2910. The zero-order chi connectivity index (χ0) is 35.7. The van der Waals surface area contributed by atoms with Crippen LogP contribution in [0.3, 0.4) is 0 Å². The minimum atomic E-state index is -0.178. The van der Waals surface area contributed by atoms with Gasteiger partial charge in [0.05, 0.1) is 22.7 Å². The SMILES string of the molecule is CC1(C)c2ccc#cc2-c2ccc(N(c3ccc(-c4ccccc4)cc3)c3ccc4c5c6ccccc6ccc5n(-c5ccc(C#N)cc5)c4c3)cc21. The number of aromatic nitrogens is 1. The van der Waals surface area contributed by atoms with Crippen molar-refractivity contribution in [3.63, 3.8) is 0 Å². The van der Waals surface area contributed by atoms with E-state index >= 15 is 0 Å². The summed E-state index contributed by atoms with van der Waals surface area (Å²) < 4.78 is 2.34. The van der Waals surface area contributed by atoms with E-state index in [0.29, 0.717) is 5.56 Å². The second-order valence-corrected chi connectivity index (χ2v) is 14.4. The van der Waals surface area contributed by atoms with Gasteiger partial charge in [-0.05, 0) is 117 Å². The van der Waals surface area contributed by atoms with Crippen molar-refractivity contribution in [2.24, 2.45) is 0 Å². The lowest BCUT2D eigenvalue weighted by Crippen LogP contribution is -2.16. The normalized spacial score (nSPS) is 12.7. The van der Waals surface area contributed by atoms with Gasteiger partial charge < -0.3 is 9.47 Å². The second-order valence-electron chi connectivity index (χ2n) is 14.4. The van der Waals surface area contributed by atoms with E-state index in [4.69, 9.17) is 0 Å². The lowest BCUT2D eigenvalue weighted by molar-refractivity contribution is 0.660. The zero-order valence-electron chi connectivity index (χ0n) is 29.4. The number of nitriles is 1. The molecule has 0 aliphatic heterocycles. The molecule has 1 aromatic heterocycles. The van der Waals surface area contributed by atoms with Crippen molar-refractivity contribution in [3.8, 4) is 34.0 Å². The van der Waals surface area contributed by atoms with E-state index < -0.39 is 0 Å². The molecule has 0 saturated heterocycles. The molecule has 248 valence electrons. The summed E-state index contributed by atoms with van der Waals surface area (Å²) in [6, 6.07) is 67.1. The maximum Gasteiger partial charge on any atom is 0.0991 e. The molecule has 53 heavy (non-hydrogen) atoms. The monoisotopic (exact) mass is 675 g/mol. The third-order valence-corrected chi connectivity index (χ3v) is 11.1. The second kappa shape index (κ2) is 11.7. The molecule has 0 saturated carbocycles. The summed E-state index contributed by atoms with van der Waals surface area (Å²) in [7, 11) is 0. The number of nitrogens with zero attached hydrogens (tertiary/aromatic N) is 3. The largest absolute Gasteiger partial charge is 0.310 e. The molecule has 9 aromatic rings. The van der Waals surface area contributed by atoms with Crippen LogP contribution in [0.2, 0.25) is 0 Å². The Hall–Kier alpha value is -7.07. The van der Waals surface area contributed by atoms with E-state index in [2.05, 4.69) is 175 Å². The Morgan fingerprint density at radius 3 is 2.13 bits per heavy atom. The highest BCUT2D eigenvalue weighted by molar-refractivity contribution is 6.21. The Labute approximate surface area is 309 Å². The summed E-state index contributed by atoms with van der Waals surface area (Å²) in [5.74, 6) is 0. The zero-order valence-corrected chi connectivity index (χ0v) is 29.4. The number of hydrogen-bond acceptors (Lipinski definition) is 2. The van der Waals surface area contributed by atoms with Crippen molar-refractivity contribution in [1.29, 1.82) is 5.26 Å². The smallest absolute Gasteiger partial charge is 0.0991 e. The quantitative estimate of drug-likeness (QED) is 0.182. The molecule has 3 heteroatoms. The van der Waals surface area contributed by atoms with E-state index in [9.17, 15) is 5.26 Å². The molecule has 0 fully saturated rings. The Kier molecular flexibility index (Phi) is 6.81. The van der Waals surface area contributed by atoms with Crippen LogP contribution in [0.15, 0.2) is 164 Å². The van der Waals surface area contributed by atoms with Gasteiger partial charge in [0.1, 0.15) is 0 Å². The fourth-order valence-corrected chi connectivity index (χ4v) is 8.43. The van der Waals surface area contributed by atoms with Crippen LogP contribution in [0.1, 0.15) is 30.5 Å². The van der Waals surface area contributed by atoms with Crippen molar-refractivity contribution in [2.75, 3.05) is 4.90 Å². The van der Waals surface area contributed by atoms with Crippen molar-refractivity contribution in [2.45, 2.75) is 19.3 Å². The lowest BCUT2D eigenvalue weighted by Gasteiger charge is -2.28. The number of hydrogen-bond donors (Lipinski definition) is 0. The van der Waals surface area contributed by atoms with Gasteiger partial charge in [-0.25, -0.2) is 0 Å². The summed E-state index contributed by atoms with van der Waals surface area (Å²) in [6.45, 7) is 4.61. The molecule has 0 spiro atoms. The molecule has 0 unspecified atom stereocenters. The van der Waals surface area contributed by atoms with Crippen LogP contribution in [0.4, 0.5) is 17.1 Å². The minimum Gasteiger partial charge on any atom is -0.310 e. The molecule has 3 nitrogen and oxygen atoms in total. The van der Waals surface area contributed by atoms with Gasteiger partial charge in [-0.1, -0.05) is 111 Å². The van der Waals surface area contributed by atoms with E-state index in [1.54, 1.807) is 0 Å². The third-order valence-electron chi connectivity index (χ3n) is 11.1. The molecule has 0 bridgehead atoms. The maximum atomic E-state index is 9.59. The summed E-state index contributed by atoms with van der Waals surface area (Å²) in [4.78, 5) is 2.38. The Morgan fingerprint density at radius 1 is 0.604 bits per heavy atom. The van der Waals surface area contributed by atoms with Gasteiger partial charge >= 0.3 is 0 Å². The summed E-state index contributed by atoms with van der Waals surface area (Å²) in [5.41, 5.74) is 14.2. The predicted molar refractivity (Wildman–Crippen MR) is 218 cm³/mol. The number of benzene rings is 7. The first kappa shape index (κ1) is 30.7. The van der Waals surface area contributed by atoms with Crippen molar-refractivity contribution in [1.82, 2.24) is 4.57 Å². The van der Waals surface area contributed by atoms with Crippen LogP contribution in [0, 0.1) is 23.5 Å². The molecule has 0 amide bonds.